The van der Waals surface area contributed by atoms with Gasteiger partial charge in [0.25, 0.3) is 0 Å². The first kappa shape index (κ1) is 13.6. The second-order valence-corrected chi connectivity index (χ2v) is 4.20. The van der Waals surface area contributed by atoms with Gasteiger partial charge in [0.2, 0.25) is 11.8 Å². The zero-order valence-electron chi connectivity index (χ0n) is 10.9. The number of hydrogen-bond donors (Lipinski definition) is 2. The lowest BCUT2D eigenvalue weighted by Gasteiger charge is -2.07. The topological polar surface area (TPSA) is 81.4 Å². The van der Waals surface area contributed by atoms with Crippen LogP contribution in [0, 0.1) is 0 Å². The van der Waals surface area contributed by atoms with Crippen molar-refractivity contribution < 1.29 is 14.3 Å². The third kappa shape index (κ3) is 3.58. The highest BCUT2D eigenvalue weighted by atomic mass is 16.5. The molecule has 0 unspecified atom stereocenters. The molecule has 0 heterocycles. The third-order valence-electron chi connectivity index (χ3n) is 2.55. The van der Waals surface area contributed by atoms with Crippen molar-refractivity contribution in [2.45, 2.75) is 6.92 Å². The highest BCUT2D eigenvalue weighted by molar-refractivity contribution is 5.92. The average Bonchev–Trinajstić information content (AvgIpc) is 2.41. The average molecular weight is 270 g/mol. The van der Waals surface area contributed by atoms with Crippen molar-refractivity contribution >= 4 is 17.5 Å². The number of amides is 2. The Kier molecular flexibility index (Phi) is 4.00. The Morgan fingerprint density at radius 1 is 0.950 bits per heavy atom. The lowest BCUT2D eigenvalue weighted by atomic mass is 10.2. The molecule has 0 radical (unpaired) electrons. The van der Waals surface area contributed by atoms with Crippen LogP contribution in [0.3, 0.4) is 0 Å². The minimum absolute atomic E-state index is 0.124. The van der Waals surface area contributed by atoms with Gasteiger partial charge in [-0.2, -0.15) is 0 Å². The molecule has 102 valence electrons. The first-order valence-electron chi connectivity index (χ1n) is 6.00. The second-order valence-electron chi connectivity index (χ2n) is 4.20. The van der Waals surface area contributed by atoms with E-state index in [1.165, 1.54) is 6.92 Å². The number of ether oxygens (including phenoxy) is 1. The molecule has 2 rings (SSSR count). The molecule has 0 saturated heterocycles. The standard InChI is InChI=1S/C15H14N2O3/c1-10(18)17-12-4-8-14(9-5-12)20-13-6-2-11(3-7-13)15(16)19/h2-9H,1H3,(H2,16,19)(H,17,18). The number of carbonyl (C=O) groups excluding carboxylic acids is 2. The minimum Gasteiger partial charge on any atom is -0.457 e. The first-order valence-corrected chi connectivity index (χ1v) is 6.00. The highest BCUT2D eigenvalue weighted by Gasteiger charge is 2.02. The molecule has 5 nitrogen and oxygen atoms in total. The minimum atomic E-state index is -0.476. The smallest absolute Gasteiger partial charge is 0.248 e. The summed E-state index contributed by atoms with van der Waals surface area (Å²) in [4.78, 5) is 21.8. The Balaban J connectivity index is 2.06. The number of anilines is 1. The number of benzene rings is 2. The van der Waals surface area contributed by atoms with Crippen molar-refractivity contribution in [1.29, 1.82) is 0 Å². The number of rotatable bonds is 4. The largest absolute Gasteiger partial charge is 0.457 e. The lowest BCUT2D eigenvalue weighted by molar-refractivity contribution is -0.114. The molecule has 0 atom stereocenters. The van der Waals surface area contributed by atoms with Crippen molar-refractivity contribution in [3.05, 3.63) is 54.1 Å². The molecule has 0 aromatic heterocycles. The Morgan fingerprint density at radius 2 is 1.45 bits per heavy atom. The van der Waals surface area contributed by atoms with E-state index < -0.39 is 5.91 Å². The molecule has 0 aliphatic rings. The van der Waals surface area contributed by atoms with Crippen molar-refractivity contribution in [2.75, 3.05) is 5.32 Å². The molecule has 0 fully saturated rings. The van der Waals surface area contributed by atoms with Crippen LogP contribution in [0.1, 0.15) is 17.3 Å². The number of primary amides is 1. The van der Waals surface area contributed by atoms with E-state index in [1.54, 1.807) is 48.5 Å². The summed E-state index contributed by atoms with van der Waals surface area (Å²) < 4.78 is 5.61. The molecule has 0 saturated carbocycles. The summed E-state index contributed by atoms with van der Waals surface area (Å²) in [6.45, 7) is 1.45. The maximum atomic E-state index is 10.9. The van der Waals surface area contributed by atoms with E-state index in [9.17, 15) is 9.59 Å². The third-order valence-corrected chi connectivity index (χ3v) is 2.55. The summed E-state index contributed by atoms with van der Waals surface area (Å²) in [5, 5.41) is 2.67. The molecular formula is C15H14N2O3. The maximum absolute atomic E-state index is 10.9. The molecule has 5 heteroatoms. The van der Waals surface area contributed by atoms with Crippen molar-refractivity contribution in [3.8, 4) is 11.5 Å². The summed E-state index contributed by atoms with van der Waals surface area (Å²) in [7, 11) is 0. The number of nitrogens with two attached hydrogens (primary N) is 1. The Labute approximate surface area is 116 Å². The van der Waals surface area contributed by atoms with Crippen molar-refractivity contribution in [3.63, 3.8) is 0 Å². The predicted molar refractivity (Wildman–Crippen MR) is 75.8 cm³/mol. The van der Waals surface area contributed by atoms with Gasteiger partial charge in [0.1, 0.15) is 11.5 Å². The van der Waals surface area contributed by atoms with Gasteiger partial charge in [-0.1, -0.05) is 0 Å². The summed E-state index contributed by atoms with van der Waals surface area (Å²) in [5.41, 5.74) is 6.29. The fourth-order valence-corrected chi connectivity index (χ4v) is 1.63. The molecular weight excluding hydrogens is 256 g/mol. The summed E-state index contributed by atoms with van der Waals surface area (Å²) in [6, 6.07) is 13.5. The van der Waals surface area contributed by atoms with Crippen LogP contribution < -0.4 is 15.8 Å². The van der Waals surface area contributed by atoms with Gasteiger partial charge in [-0.3, -0.25) is 9.59 Å². The molecule has 2 aromatic rings. The van der Waals surface area contributed by atoms with Gasteiger partial charge < -0.3 is 15.8 Å². The summed E-state index contributed by atoms with van der Waals surface area (Å²) in [5.74, 6) is 0.630. The lowest BCUT2D eigenvalue weighted by Crippen LogP contribution is -2.10. The van der Waals surface area contributed by atoms with Crippen LogP contribution in [0.5, 0.6) is 11.5 Å². The number of hydrogen-bond acceptors (Lipinski definition) is 3. The van der Waals surface area contributed by atoms with Crippen LogP contribution in [0.25, 0.3) is 0 Å². The fourth-order valence-electron chi connectivity index (χ4n) is 1.63. The van der Waals surface area contributed by atoms with Crippen LogP contribution in [0.2, 0.25) is 0 Å². The zero-order valence-corrected chi connectivity index (χ0v) is 10.9. The van der Waals surface area contributed by atoms with Gasteiger partial charge in [-0.05, 0) is 48.5 Å². The van der Waals surface area contributed by atoms with E-state index in [0.717, 1.165) is 0 Å². The summed E-state index contributed by atoms with van der Waals surface area (Å²) in [6.07, 6.45) is 0. The van der Waals surface area contributed by atoms with Crippen LogP contribution in [-0.2, 0) is 4.79 Å². The van der Waals surface area contributed by atoms with E-state index in [2.05, 4.69) is 5.32 Å². The summed E-state index contributed by atoms with van der Waals surface area (Å²) >= 11 is 0. The fraction of sp³-hybridized carbons (Fsp3) is 0.0667. The maximum Gasteiger partial charge on any atom is 0.248 e. The van der Waals surface area contributed by atoms with Gasteiger partial charge in [-0.25, -0.2) is 0 Å². The van der Waals surface area contributed by atoms with Gasteiger partial charge >= 0.3 is 0 Å². The SMILES string of the molecule is CC(=O)Nc1ccc(Oc2ccc(C(N)=O)cc2)cc1. The second kappa shape index (κ2) is 5.88. The van der Waals surface area contributed by atoms with Crippen LogP contribution in [0.4, 0.5) is 5.69 Å². The van der Waals surface area contributed by atoms with Crippen molar-refractivity contribution in [2.24, 2.45) is 5.73 Å². The van der Waals surface area contributed by atoms with Crippen LogP contribution in [-0.4, -0.2) is 11.8 Å². The van der Waals surface area contributed by atoms with E-state index in [0.29, 0.717) is 22.7 Å². The molecule has 0 aliphatic heterocycles. The van der Waals surface area contributed by atoms with Crippen LogP contribution >= 0.6 is 0 Å². The van der Waals surface area contributed by atoms with Crippen LogP contribution in [0.15, 0.2) is 48.5 Å². The molecule has 2 amide bonds. The van der Waals surface area contributed by atoms with Gasteiger partial charge in [0.05, 0.1) is 0 Å². The normalized spacial score (nSPS) is 9.85. The monoisotopic (exact) mass is 270 g/mol. The molecule has 3 N–H and O–H groups in total. The van der Waals surface area contributed by atoms with Gasteiger partial charge in [-0.15, -0.1) is 0 Å². The molecule has 0 spiro atoms. The highest BCUT2D eigenvalue weighted by Crippen LogP contribution is 2.23. The Hall–Kier alpha value is -2.82. The zero-order chi connectivity index (χ0) is 14.5. The first-order chi connectivity index (χ1) is 9.54. The van der Waals surface area contributed by atoms with Gasteiger partial charge in [0.15, 0.2) is 0 Å². The molecule has 2 aromatic carbocycles. The Bertz CT molecular complexity index is 619. The molecule has 0 aliphatic carbocycles. The quantitative estimate of drug-likeness (QED) is 0.895. The Morgan fingerprint density at radius 3 is 1.90 bits per heavy atom. The van der Waals surface area contributed by atoms with E-state index in [1.807, 2.05) is 0 Å². The van der Waals surface area contributed by atoms with Crippen molar-refractivity contribution in [1.82, 2.24) is 0 Å². The van der Waals surface area contributed by atoms with E-state index in [4.69, 9.17) is 10.5 Å². The van der Waals surface area contributed by atoms with E-state index >= 15 is 0 Å². The predicted octanol–water partition coefficient (Wildman–Crippen LogP) is 2.54. The van der Waals surface area contributed by atoms with Gasteiger partial charge in [0, 0.05) is 18.2 Å². The molecule has 20 heavy (non-hydrogen) atoms. The number of carbonyl (C=O) groups is 2. The molecule has 0 bridgehead atoms. The van der Waals surface area contributed by atoms with E-state index in [-0.39, 0.29) is 5.91 Å². The number of nitrogens with one attached hydrogen (secondary N) is 1.